The lowest BCUT2D eigenvalue weighted by Crippen LogP contribution is -2.60. The van der Waals surface area contributed by atoms with Crippen LogP contribution in [0, 0.1) is 0 Å². The number of hydrogen-bond donors (Lipinski definition) is 4. The van der Waals surface area contributed by atoms with Crippen molar-refractivity contribution in [3.63, 3.8) is 0 Å². The quantitative estimate of drug-likeness (QED) is 0.0258. The molecule has 406 valence electrons. The summed E-state index contributed by atoms with van der Waals surface area (Å²) in [6.45, 7) is 4.07. The van der Waals surface area contributed by atoms with Gasteiger partial charge in [0.2, 0.25) is 0 Å². The van der Waals surface area contributed by atoms with Crippen LogP contribution in [0.2, 0.25) is 0 Å². The minimum atomic E-state index is -5.06. The zero-order valence-corrected chi connectivity index (χ0v) is 44.8. The molecular weight excluding hydrogens is 885 g/mol. The lowest BCUT2D eigenvalue weighted by atomic mass is 9.99. The van der Waals surface area contributed by atoms with Crippen LogP contribution in [0.25, 0.3) is 0 Å². The SMILES string of the molecule is CCCCCCCCCCCCCCCCCCCCCCCCCCCC(=O)OC(COCCCCCCCCCCCCCCCCCC)COC1OC(CO)C(O)C(OS(=O)(=O)O)C1O. The zero-order valence-electron chi connectivity index (χ0n) is 44.0. The number of rotatable bonds is 52. The normalized spacial score (nSPS) is 19.2. The fourth-order valence-electron chi connectivity index (χ4n) is 9.38. The number of unbranched alkanes of at least 4 members (excludes halogenated alkanes) is 39. The van der Waals surface area contributed by atoms with Gasteiger partial charge < -0.3 is 34.3 Å². The Hall–Kier alpha value is -0.900. The van der Waals surface area contributed by atoms with Gasteiger partial charge in [0.05, 0.1) is 19.8 Å². The number of esters is 1. The molecule has 0 radical (unpaired) electrons. The third-order valence-corrected chi connectivity index (χ3v) is 14.2. The number of ether oxygens (including phenoxy) is 4. The van der Waals surface area contributed by atoms with Crippen LogP contribution in [-0.4, -0.2) is 97.5 Å². The van der Waals surface area contributed by atoms with Gasteiger partial charge in [-0.25, -0.2) is 4.18 Å². The van der Waals surface area contributed by atoms with E-state index in [-0.39, 0.29) is 25.6 Å². The largest absolute Gasteiger partial charge is 0.457 e. The molecule has 1 rings (SSSR count). The van der Waals surface area contributed by atoms with Crippen molar-refractivity contribution in [1.29, 1.82) is 0 Å². The minimum Gasteiger partial charge on any atom is -0.457 e. The Labute approximate surface area is 417 Å². The van der Waals surface area contributed by atoms with Crippen molar-refractivity contribution < 1.29 is 56.2 Å². The highest BCUT2D eigenvalue weighted by Crippen LogP contribution is 2.26. The van der Waals surface area contributed by atoms with E-state index in [4.69, 9.17) is 18.9 Å². The highest BCUT2D eigenvalue weighted by atomic mass is 32.3. The predicted octanol–water partition coefficient (Wildman–Crippen LogP) is 14.0. The molecule has 0 saturated carbocycles. The third-order valence-electron chi connectivity index (χ3n) is 13.7. The first-order chi connectivity index (χ1) is 33.1. The van der Waals surface area contributed by atoms with Gasteiger partial charge in [0.1, 0.15) is 30.5 Å². The Morgan fingerprint density at radius 2 is 0.838 bits per heavy atom. The number of hydrogen-bond acceptors (Lipinski definition) is 11. The van der Waals surface area contributed by atoms with Crippen molar-refractivity contribution in [2.45, 2.75) is 320 Å². The molecule has 1 heterocycles. The maximum absolute atomic E-state index is 12.9. The van der Waals surface area contributed by atoms with Crippen LogP contribution in [0.3, 0.4) is 0 Å². The number of carbonyl (C=O) groups is 1. The molecule has 1 aliphatic heterocycles. The molecule has 1 fully saturated rings. The summed E-state index contributed by atoms with van der Waals surface area (Å²) in [7, 11) is -5.06. The van der Waals surface area contributed by atoms with E-state index in [0.29, 0.717) is 13.0 Å². The van der Waals surface area contributed by atoms with Gasteiger partial charge in [-0.05, 0) is 12.8 Å². The molecule has 68 heavy (non-hydrogen) atoms. The fraction of sp³-hybridized carbons (Fsp3) is 0.982. The molecular formula is C55H108O12S. The van der Waals surface area contributed by atoms with E-state index in [1.165, 1.54) is 218 Å². The van der Waals surface area contributed by atoms with Crippen molar-refractivity contribution in [2.75, 3.05) is 26.4 Å². The second-order valence-electron chi connectivity index (χ2n) is 20.3. The number of aliphatic hydroxyl groups excluding tert-OH is 3. The van der Waals surface area contributed by atoms with E-state index < -0.39 is 53.8 Å². The summed E-state index contributed by atoms with van der Waals surface area (Å²) in [5.74, 6) is -0.389. The van der Waals surface area contributed by atoms with Crippen LogP contribution in [0.1, 0.15) is 284 Å². The highest BCUT2D eigenvalue weighted by molar-refractivity contribution is 7.80. The van der Waals surface area contributed by atoms with E-state index in [9.17, 15) is 33.1 Å². The Kier molecular flexibility index (Phi) is 45.1. The fourth-order valence-corrected chi connectivity index (χ4v) is 9.89. The van der Waals surface area contributed by atoms with Crippen molar-refractivity contribution >= 4 is 16.4 Å². The van der Waals surface area contributed by atoms with E-state index >= 15 is 0 Å². The third kappa shape index (κ3) is 39.7. The summed E-state index contributed by atoms with van der Waals surface area (Å²) in [6.07, 6.45) is 44.3. The van der Waals surface area contributed by atoms with Gasteiger partial charge in [-0.1, -0.05) is 264 Å². The summed E-state index contributed by atoms with van der Waals surface area (Å²) in [5.41, 5.74) is 0. The first-order valence-corrected chi connectivity index (χ1v) is 30.2. The minimum absolute atomic E-state index is 0.0454. The molecule has 0 aromatic carbocycles. The average molecular weight is 994 g/mol. The van der Waals surface area contributed by atoms with E-state index in [2.05, 4.69) is 18.0 Å². The summed E-state index contributed by atoms with van der Waals surface area (Å²) in [6, 6.07) is 0. The molecule has 1 aliphatic rings. The average Bonchev–Trinajstić information content (AvgIpc) is 3.31. The Morgan fingerprint density at radius 1 is 0.500 bits per heavy atom. The second-order valence-corrected chi connectivity index (χ2v) is 21.3. The van der Waals surface area contributed by atoms with Gasteiger partial charge >= 0.3 is 16.4 Å². The van der Waals surface area contributed by atoms with Crippen LogP contribution in [-0.2, 0) is 38.3 Å². The molecule has 0 aromatic heterocycles. The summed E-state index contributed by atoms with van der Waals surface area (Å²) in [5, 5.41) is 30.8. The lowest BCUT2D eigenvalue weighted by molar-refractivity contribution is -0.301. The Balaban J connectivity index is 2.25. The molecule has 0 aromatic rings. The van der Waals surface area contributed by atoms with Crippen LogP contribution in [0.4, 0.5) is 0 Å². The van der Waals surface area contributed by atoms with Gasteiger partial charge in [0, 0.05) is 13.0 Å². The van der Waals surface area contributed by atoms with Gasteiger partial charge in [-0.15, -0.1) is 0 Å². The lowest BCUT2D eigenvalue weighted by Gasteiger charge is -2.41. The van der Waals surface area contributed by atoms with Crippen LogP contribution in [0.15, 0.2) is 0 Å². The van der Waals surface area contributed by atoms with E-state index in [1.54, 1.807) is 0 Å². The van der Waals surface area contributed by atoms with Gasteiger partial charge in [-0.3, -0.25) is 9.35 Å². The van der Waals surface area contributed by atoms with E-state index in [1.807, 2.05) is 0 Å². The first kappa shape index (κ1) is 65.1. The second kappa shape index (κ2) is 47.1. The smallest absolute Gasteiger partial charge is 0.397 e. The highest BCUT2D eigenvalue weighted by Gasteiger charge is 2.48. The van der Waals surface area contributed by atoms with Crippen LogP contribution >= 0.6 is 0 Å². The zero-order chi connectivity index (χ0) is 49.6. The van der Waals surface area contributed by atoms with Crippen molar-refractivity contribution in [1.82, 2.24) is 0 Å². The summed E-state index contributed by atoms with van der Waals surface area (Å²) < 4.78 is 59.4. The molecule has 0 spiro atoms. The summed E-state index contributed by atoms with van der Waals surface area (Å²) in [4.78, 5) is 12.9. The Bertz CT molecular complexity index is 1190. The van der Waals surface area contributed by atoms with Crippen LogP contribution < -0.4 is 0 Å². The molecule has 0 bridgehead atoms. The van der Waals surface area contributed by atoms with E-state index in [0.717, 1.165) is 38.5 Å². The molecule has 6 unspecified atom stereocenters. The van der Waals surface area contributed by atoms with Gasteiger partial charge in [0.15, 0.2) is 6.29 Å². The maximum Gasteiger partial charge on any atom is 0.397 e. The molecule has 4 N–H and O–H groups in total. The Morgan fingerprint density at radius 3 is 1.18 bits per heavy atom. The number of carbonyl (C=O) groups excluding carboxylic acids is 1. The molecule has 1 saturated heterocycles. The van der Waals surface area contributed by atoms with Gasteiger partial charge in [-0.2, -0.15) is 8.42 Å². The standard InChI is InChI=1S/C55H108O12S/c1-3-5-7-9-11-13-15-17-19-21-22-23-24-25-26-27-28-29-30-32-34-36-38-40-42-44-51(57)65-49(48-64-55-53(59)54(67-68(60,61)62)52(58)50(46-56)66-55)47-63-45-43-41-39-37-35-33-31-20-18-16-14-12-10-8-6-4-2/h49-50,52-56,58-59H,3-48H2,1-2H3,(H,60,61,62). The molecule has 6 atom stereocenters. The number of aliphatic hydroxyl groups is 3. The summed E-state index contributed by atoms with van der Waals surface area (Å²) >= 11 is 0. The topological polar surface area (TPSA) is 178 Å². The maximum atomic E-state index is 12.9. The predicted molar refractivity (Wildman–Crippen MR) is 276 cm³/mol. The van der Waals surface area contributed by atoms with Crippen molar-refractivity contribution in [2.24, 2.45) is 0 Å². The molecule has 13 heteroatoms. The van der Waals surface area contributed by atoms with Crippen molar-refractivity contribution in [3.8, 4) is 0 Å². The van der Waals surface area contributed by atoms with Gasteiger partial charge in [0.25, 0.3) is 0 Å². The van der Waals surface area contributed by atoms with Crippen LogP contribution in [0.5, 0.6) is 0 Å². The molecule has 0 aliphatic carbocycles. The first-order valence-electron chi connectivity index (χ1n) is 28.8. The van der Waals surface area contributed by atoms with Crippen molar-refractivity contribution in [3.05, 3.63) is 0 Å². The molecule has 12 nitrogen and oxygen atoms in total. The monoisotopic (exact) mass is 993 g/mol. The molecule has 0 amide bonds.